The summed E-state index contributed by atoms with van der Waals surface area (Å²) in [5.41, 5.74) is 2.45. The summed E-state index contributed by atoms with van der Waals surface area (Å²) in [5, 5.41) is 0. The number of terminal acetylenes is 1. The third-order valence-corrected chi connectivity index (χ3v) is 5.53. The van der Waals surface area contributed by atoms with Crippen molar-refractivity contribution in [3.63, 3.8) is 0 Å². The Hall–Kier alpha value is -2.90. The zero-order chi connectivity index (χ0) is 20.7. The second-order valence-electron chi connectivity index (χ2n) is 7.34. The topological polar surface area (TPSA) is 27.7 Å². The summed E-state index contributed by atoms with van der Waals surface area (Å²) in [6.07, 6.45) is 5.99. The van der Waals surface area contributed by atoms with Crippen LogP contribution >= 0.6 is 0 Å². The van der Waals surface area contributed by atoms with Crippen molar-refractivity contribution < 1.29 is 14.2 Å². The van der Waals surface area contributed by atoms with Crippen LogP contribution in [0.5, 0.6) is 0 Å². The quantitative estimate of drug-likeness (QED) is 0.403. The molecule has 0 radical (unpaired) electrons. The van der Waals surface area contributed by atoms with Crippen LogP contribution in [0.3, 0.4) is 0 Å². The third-order valence-electron chi connectivity index (χ3n) is 5.53. The van der Waals surface area contributed by atoms with Crippen molar-refractivity contribution in [2.45, 2.75) is 24.2 Å². The molecule has 3 heteroatoms. The summed E-state index contributed by atoms with van der Waals surface area (Å²) < 4.78 is 18.6. The zero-order valence-electron chi connectivity index (χ0n) is 16.9. The van der Waals surface area contributed by atoms with Gasteiger partial charge in [0.25, 0.3) is 0 Å². The minimum atomic E-state index is -0.758. The van der Waals surface area contributed by atoms with Crippen molar-refractivity contribution in [3.05, 3.63) is 108 Å². The van der Waals surface area contributed by atoms with Crippen LogP contribution in [0.1, 0.15) is 23.1 Å². The Morgan fingerprint density at radius 1 is 0.833 bits per heavy atom. The zero-order valence-corrected chi connectivity index (χ0v) is 16.9. The van der Waals surface area contributed by atoms with Crippen LogP contribution in [0.4, 0.5) is 0 Å². The molecule has 0 saturated carbocycles. The first-order valence-corrected chi connectivity index (χ1v) is 10.3. The summed E-state index contributed by atoms with van der Waals surface area (Å²) in [7, 11) is 0. The van der Waals surface area contributed by atoms with Crippen molar-refractivity contribution in [2.24, 2.45) is 0 Å². The van der Waals surface area contributed by atoms with Gasteiger partial charge in [0.15, 0.2) is 0 Å². The van der Waals surface area contributed by atoms with E-state index in [0.29, 0.717) is 13.2 Å². The standard InChI is InChI=1S/C27H26O3/c1-2-19-28-25-18-20-29-26(25)21-30-27(22-12-6-3-7-13-22,23-14-8-4-9-15-23)24-16-10-5-11-17-24/h1,3-17,25-26H,18-21H2/t25-,26-/m1/s1. The lowest BCUT2D eigenvalue weighted by Gasteiger charge is -2.37. The van der Waals surface area contributed by atoms with E-state index in [1.807, 2.05) is 54.6 Å². The first-order valence-electron chi connectivity index (χ1n) is 10.3. The lowest BCUT2D eigenvalue weighted by Crippen LogP contribution is -2.38. The van der Waals surface area contributed by atoms with Crippen LogP contribution in [0, 0.1) is 12.3 Å². The molecule has 1 saturated heterocycles. The van der Waals surface area contributed by atoms with Crippen molar-refractivity contribution in [2.75, 3.05) is 19.8 Å². The van der Waals surface area contributed by atoms with Gasteiger partial charge in [0.2, 0.25) is 0 Å². The molecule has 30 heavy (non-hydrogen) atoms. The molecule has 2 atom stereocenters. The maximum absolute atomic E-state index is 6.83. The predicted molar refractivity (Wildman–Crippen MR) is 118 cm³/mol. The maximum atomic E-state index is 6.83. The second kappa shape index (κ2) is 9.73. The van der Waals surface area contributed by atoms with Crippen molar-refractivity contribution in [3.8, 4) is 12.3 Å². The molecule has 0 unspecified atom stereocenters. The van der Waals surface area contributed by atoms with Crippen molar-refractivity contribution >= 4 is 0 Å². The number of rotatable bonds is 8. The van der Waals surface area contributed by atoms with Crippen LogP contribution in [0.25, 0.3) is 0 Å². The van der Waals surface area contributed by atoms with E-state index in [1.54, 1.807) is 0 Å². The van der Waals surface area contributed by atoms with E-state index in [2.05, 4.69) is 42.3 Å². The fourth-order valence-electron chi connectivity index (χ4n) is 4.11. The second-order valence-corrected chi connectivity index (χ2v) is 7.34. The molecule has 1 fully saturated rings. The summed E-state index contributed by atoms with van der Waals surface area (Å²) >= 11 is 0. The smallest absolute Gasteiger partial charge is 0.143 e. The first kappa shape index (κ1) is 20.4. The SMILES string of the molecule is C#CCO[C@@H]1CCO[C@@H]1COC(c1ccccc1)(c1ccccc1)c1ccccc1. The molecule has 0 aromatic heterocycles. The Balaban J connectivity index is 1.75. The van der Waals surface area contributed by atoms with Gasteiger partial charge in [-0.1, -0.05) is 96.9 Å². The minimum absolute atomic E-state index is 0.0546. The highest BCUT2D eigenvalue weighted by Crippen LogP contribution is 2.41. The molecule has 1 heterocycles. The molecular weight excluding hydrogens is 372 g/mol. The highest BCUT2D eigenvalue weighted by molar-refractivity contribution is 5.47. The Morgan fingerprint density at radius 2 is 1.33 bits per heavy atom. The largest absolute Gasteiger partial charge is 0.373 e. The molecular formula is C27H26O3. The molecule has 1 aliphatic heterocycles. The Morgan fingerprint density at radius 3 is 1.80 bits per heavy atom. The summed E-state index contributed by atoms with van der Waals surface area (Å²) in [4.78, 5) is 0. The Labute approximate surface area is 178 Å². The summed E-state index contributed by atoms with van der Waals surface area (Å²) in [5.74, 6) is 2.55. The van der Waals surface area contributed by atoms with Gasteiger partial charge in [-0.25, -0.2) is 0 Å². The summed E-state index contributed by atoms with van der Waals surface area (Å²) in [6, 6.07) is 31.0. The molecule has 1 aliphatic rings. The molecule has 0 N–H and O–H groups in total. The van der Waals surface area contributed by atoms with Crippen LogP contribution in [-0.4, -0.2) is 32.0 Å². The normalized spacial score (nSPS) is 18.8. The van der Waals surface area contributed by atoms with Gasteiger partial charge >= 0.3 is 0 Å². The van der Waals surface area contributed by atoms with Crippen LogP contribution in [0.2, 0.25) is 0 Å². The Bertz CT molecular complexity index is 851. The van der Waals surface area contributed by atoms with Crippen molar-refractivity contribution in [1.29, 1.82) is 0 Å². The molecule has 152 valence electrons. The van der Waals surface area contributed by atoms with Gasteiger partial charge in [-0.2, -0.15) is 0 Å². The lowest BCUT2D eigenvalue weighted by atomic mass is 9.80. The molecule has 0 bridgehead atoms. The number of hydrogen-bond acceptors (Lipinski definition) is 3. The van der Waals surface area contributed by atoms with E-state index >= 15 is 0 Å². The fraction of sp³-hybridized carbons (Fsp3) is 0.259. The van der Waals surface area contributed by atoms with E-state index in [0.717, 1.165) is 23.1 Å². The third kappa shape index (κ3) is 4.17. The average Bonchev–Trinajstić information content (AvgIpc) is 3.27. The van der Waals surface area contributed by atoms with Crippen molar-refractivity contribution in [1.82, 2.24) is 0 Å². The monoisotopic (exact) mass is 398 g/mol. The van der Waals surface area contributed by atoms with Gasteiger partial charge in [-0.15, -0.1) is 6.42 Å². The fourth-order valence-corrected chi connectivity index (χ4v) is 4.11. The van der Waals surface area contributed by atoms with Gasteiger partial charge in [0, 0.05) is 6.61 Å². The van der Waals surface area contributed by atoms with Crippen LogP contribution < -0.4 is 0 Å². The van der Waals surface area contributed by atoms with Gasteiger partial charge in [-0.05, 0) is 23.1 Å². The highest BCUT2D eigenvalue weighted by Gasteiger charge is 2.40. The number of benzene rings is 3. The molecule has 3 aromatic rings. The predicted octanol–water partition coefficient (Wildman–Crippen LogP) is 4.80. The van der Waals surface area contributed by atoms with Gasteiger partial charge < -0.3 is 14.2 Å². The minimum Gasteiger partial charge on any atom is -0.373 e. The summed E-state index contributed by atoms with van der Waals surface area (Å²) in [6.45, 7) is 1.33. The molecule has 0 spiro atoms. The van der Waals surface area contributed by atoms with Gasteiger partial charge in [-0.3, -0.25) is 0 Å². The molecule has 4 rings (SSSR count). The van der Waals surface area contributed by atoms with E-state index in [-0.39, 0.29) is 18.8 Å². The average molecular weight is 399 g/mol. The van der Waals surface area contributed by atoms with Crippen LogP contribution in [0.15, 0.2) is 91.0 Å². The molecule has 0 aliphatic carbocycles. The van der Waals surface area contributed by atoms with E-state index in [4.69, 9.17) is 20.6 Å². The molecule has 0 amide bonds. The highest BCUT2D eigenvalue weighted by atomic mass is 16.6. The van der Waals surface area contributed by atoms with Gasteiger partial charge in [0.05, 0.1) is 12.7 Å². The van der Waals surface area contributed by atoms with Crippen LogP contribution in [-0.2, 0) is 19.8 Å². The Kier molecular flexibility index (Phi) is 6.61. The van der Waals surface area contributed by atoms with E-state index < -0.39 is 5.60 Å². The lowest BCUT2D eigenvalue weighted by molar-refractivity contribution is -0.0805. The molecule has 3 nitrogen and oxygen atoms in total. The van der Waals surface area contributed by atoms with Gasteiger partial charge in [0.1, 0.15) is 18.3 Å². The molecule has 3 aromatic carbocycles. The number of hydrogen-bond donors (Lipinski definition) is 0. The van der Waals surface area contributed by atoms with E-state index in [9.17, 15) is 0 Å². The van der Waals surface area contributed by atoms with E-state index in [1.165, 1.54) is 0 Å². The maximum Gasteiger partial charge on any atom is 0.143 e. The first-order chi connectivity index (χ1) is 14.8. The number of ether oxygens (including phenoxy) is 3.